The molecular formula is C17H26N2O3. The Kier molecular flexibility index (Phi) is 5.29. The van der Waals surface area contributed by atoms with Crippen LogP contribution in [0.15, 0.2) is 18.2 Å². The van der Waals surface area contributed by atoms with E-state index in [-0.39, 0.29) is 6.10 Å². The minimum absolute atomic E-state index is 0.269. The molecular weight excluding hydrogens is 280 g/mol. The second-order valence-corrected chi connectivity index (χ2v) is 6.67. The third kappa shape index (κ3) is 5.22. The van der Waals surface area contributed by atoms with Crippen LogP contribution >= 0.6 is 0 Å². The van der Waals surface area contributed by atoms with Crippen LogP contribution in [0.1, 0.15) is 39.2 Å². The number of hydrogen-bond acceptors (Lipinski definition) is 4. The molecule has 0 unspecified atom stereocenters. The lowest BCUT2D eigenvalue weighted by Crippen LogP contribution is -2.34. The summed E-state index contributed by atoms with van der Waals surface area (Å²) in [5, 5.41) is 6.09. The highest BCUT2D eigenvalue weighted by Crippen LogP contribution is 2.24. The number of anilines is 1. The number of rotatable bonds is 3. The zero-order chi connectivity index (χ0) is 16.2. The van der Waals surface area contributed by atoms with Gasteiger partial charge in [0.15, 0.2) is 0 Å². The Morgan fingerprint density at radius 2 is 1.95 bits per heavy atom. The number of carbonyl (C=O) groups excluding carboxylic acids is 1. The molecule has 1 amide bonds. The van der Waals surface area contributed by atoms with E-state index in [1.54, 1.807) is 0 Å². The molecule has 1 aromatic carbocycles. The largest absolute Gasteiger partial charge is 0.490 e. The molecule has 0 atom stereocenters. The first-order valence-corrected chi connectivity index (χ1v) is 7.81. The number of nitrogens with one attached hydrogen (secondary N) is 2. The fraction of sp³-hybridized carbons (Fsp3) is 0.588. The minimum Gasteiger partial charge on any atom is -0.490 e. The Hall–Kier alpha value is -1.75. The van der Waals surface area contributed by atoms with Gasteiger partial charge in [0.25, 0.3) is 0 Å². The van der Waals surface area contributed by atoms with Crippen molar-refractivity contribution in [3.05, 3.63) is 23.8 Å². The van der Waals surface area contributed by atoms with Gasteiger partial charge in [-0.05, 0) is 77.4 Å². The van der Waals surface area contributed by atoms with Gasteiger partial charge in [-0.15, -0.1) is 0 Å². The molecule has 1 aliphatic heterocycles. The van der Waals surface area contributed by atoms with Crippen molar-refractivity contribution < 1.29 is 14.3 Å². The maximum Gasteiger partial charge on any atom is 0.412 e. The van der Waals surface area contributed by atoms with E-state index in [9.17, 15) is 4.79 Å². The van der Waals surface area contributed by atoms with Gasteiger partial charge in [-0.2, -0.15) is 0 Å². The van der Waals surface area contributed by atoms with Gasteiger partial charge in [-0.1, -0.05) is 0 Å². The van der Waals surface area contributed by atoms with Gasteiger partial charge < -0.3 is 14.8 Å². The van der Waals surface area contributed by atoms with E-state index in [1.165, 1.54) is 0 Å². The molecule has 1 saturated heterocycles. The van der Waals surface area contributed by atoms with Crippen molar-refractivity contribution >= 4 is 11.8 Å². The van der Waals surface area contributed by atoms with Crippen molar-refractivity contribution in [2.75, 3.05) is 18.4 Å². The van der Waals surface area contributed by atoms with Crippen LogP contribution < -0.4 is 15.4 Å². The molecule has 122 valence electrons. The number of piperidine rings is 1. The summed E-state index contributed by atoms with van der Waals surface area (Å²) in [4.78, 5) is 11.8. The Bertz CT molecular complexity index is 517. The molecule has 0 aliphatic carbocycles. The van der Waals surface area contributed by atoms with Crippen LogP contribution in [0.2, 0.25) is 0 Å². The molecule has 0 aromatic heterocycles. The normalized spacial score (nSPS) is 16.2. The molecule has 0 bridgehead atoms. The summed E-state index contributed by atoms with van der Waals surface area (Å²) in [6, 6.07) is 5.70. The van der Waals surface area contributed by atoms with E-state index in [0.29, 0.717) is 0 Å². The standard InChI is InChI=1S/C17H26N2O3/c1-12-11-14(21-13-7-9-18-10-8-13)5-6-15(12)19-16(20)22-17(2,3)4/h5-6,11,13,18H,7-10H2,1-4H3,(H,19,20). The van der Waals surface area contributed by atoms with Crippen molar-refractivity contribution in [2.45, 2.75) is 52.2 Å². The van der Waals surface area contributed by atoms with Crippen LogP contribution in [0, 0.1) is 6.92 Å². The number of ether oxygens (including phenoxy) is 2. The Labute approximate surface area is 132 Å². The summed E-state index contributed by atoms with van der Waals surface area (Å²) in [5.74, 6) is 0.846. The fourth-order valence-electron chi connectivity index (χ4n) is 2.37. The SMILES string of the molecule is Cc1cc(OC2CCNCC2)ccc1NC(=O)OC(C)(C)C. The molecule has 1 heterocycles. The highest BCUT2D eigenvalue weighted by molar-refractivity contribution is 5.86. The lowest BCUT2D eigenvalue weighted by molar-refractivity contribution is 0.0635. The Morgan fingerprint density at radius 3 is 2.55 bits per heavy atom. The van der Waals surface area contributed by atoms with E-state index in [2.05, 4.69) is 10.6 Å². The number of carbonyl (C=O) groups is 1. The smallest absolute Gasteiger partial charge is 0.412 e. The average molecular weight is 306 g/mol. The molecule has 2 N–H and O–H groups in total. The Balaban J connectivity index is 1.95. The molecule has 2 rings (SSSR count). The van der Waals surface area contributed by atoms with Crippen molar-refractivity contribution in [1.82, 2.24) is 5.32 Å². The van der Waals surface area contributed by atoms with Gasteiger partial charge in [-0.3, -0.25) is 5.32 Å². The summed E-state index contributed by atoms with van der Waals surface area (Å²) in [5.41, 5.74) is 1.19. The van der Waals surface area contributed by atoms with E-state index in [0.717, 1.165) is 42.9 Å². The summed E-state index contributed by atoms with van der Waals surface area (Å²) in [7, 11) is 0. The van der Waals surface area contributed by atoms with Gasteiger partial charge in [0, 0.05) is 5.69 Å². The van der Waals surface area contributed by atoms with Crippen molar-refractivity contribution in [1.29, 1.82) is 0 Å². The molecule has 5 heteroatoms. The number of aryl methyl sites for hydroxylation is 1. The van der Waals surface area contributed by atoms with E-state index in [1.807, 2.05) is 45.9 Å². The summed E-state index contributed by atoms with van der Waals surface area (Å²) < 4.78 is 11.3. The van der Waals surface area contributed by atoms with Crippen LogP contribution in [-0.4, -0.2) is 30.9 Å². The second kappa shape index (κ2) is 7.01. The number of amides is 1. The third-order valence-electron chi connectivity index (χ3n) is 3.42. The van der Waals surface area contributed by atoms with Crippen LogP contribution in [0.4, 0.5) is 10.5 Å². The molecule has 0 radical (unpaired) electrons. The molecule has 0 spiro atoms. The van der Waals surface area contributed by atoms with Crippen LogP contribution in [-0.2, 0) is 4.74 Å². The molecule has 22 heavy (non-hydrogen) atoms. The fourth-order valence-corrected chi connectivity index (χ4v) is 2.37. The highest BCUT2D eigenvalue weighted by Gasteiger charge is 2.18. The molecule has 1 fully saturated rings. The zero-order valence-corrected chi connectivity index (χ0v) is 13.9. The number of benzene rings is 1. The van der Waals surface area contributed by atoms with Gasteiger partial charge in [-0.25, -0.2) is 4.79 Å². The third-order valence-corrected chi connectivity index (χ3v) is 3.42. The summed E-state index contributed by atoms with van der Waals surface area (Å²) in [6.45, 7) is 9.48. The summed E-state index contributed by atoms with van der Waals surface area (Å²) >= 11 is 0. The zero-order valence-electron chi connectivity index (χ0n) is 13.9. The van der Waals surface area contributed by atoms with Crippen molar-refractivity contribution in [2.24, 2.45) is 0 Å². The highest BCUT2D eigenvalue weighted by atomic mass is 16.6. The van der Waals surface area contributed by atoms with Gasteiger partial charge in [0.1, 0.15) is 17.5 Å². The van der Waals surface area contributed by atoms with Crippen molar-refractivity contribution in [3.63, 3.8) is 0 Å². The predicted molar refractivity (Wildman–Crippen MR) is 87.6 cm³/mol. The van der Waals surface area contributed by atoms with Crippen LogP contribution in [0.5, 0.6) is 5.75 Å². The number of hydrogen-bond donors (Lipinski definition) is 2. The first-order valence-electron chi connectivity index (χ1n) is 7.81. The van der Waals surface area contributed by atoms with Crippen LogP contribution in [0.25, 0.3) is 0 Å². The maximum atomic E-state index is 11.8. The maximum absolute atomic E-state index is 11.8. The van der Waals surface area contributed by atoms with Crippen molar-refractivity contribution in [3.8, 4) is 5.75 Å². The summed E-state index contributed by atoms with van der Waals surface area (Å²) in [6.07, 6.45) is 1.88. The topological polar surface area (TPSA) is 59.6 Å². The van der Waals surface area contributed by atoms with Crippen LogP contribution in [0.3, 0.4) is 0 Å². The monoisotopic (exact) mass is 306 g/mol. The first-order chi connectivity index (χ1) is 10.3. The van der Waals surface area contributed by atoms with Gasteiger partial charge in [0.2, 0.25) is 0 Å². The first kappa shape index (κ1) is 16.6. The predicted octanol–water partition coefficient (Wildman–Crippen LogP) is 3.47. The van der Waals surface area contributed by atoms with E-state index in [4.69, 9.17) is 9.47 Å². The quantitative estimate of drug-likeness (QED) is 0.897. The van der Waals surface area contributed by atoms with Gasteiger partial charge in [0.05, 0.1) is 0 Å². The van der Waals surface area contributed by atoms with Gasteiger partial charge >= 0.3 is 6.09 Å². The van der Waals surface area contributed by atoms with E-state index >= 15 is 0 Å². The minimum atomic E-state index is -0.504. The molecule has 1 aliphatic rings. The molecule has 0 saturated carbocycles. The second-order valence-electron chi connectivity index (χ2n) is 6.67. The van der Waals surface area contributed by atoms with E-state index < -0.39 is 11.7 Å². The molecule has 1 aromatic rings. The lowest BCUT2D eigenvalue weighted by atomic mass is 10.1. The molecule has 5 nitrogen and oxygen atoms in total. The Morgan fingerprint density at radius 1 is 1.27 bits per heavy atom. The lowest BCUT2D eigenvalue weighted by Gasteiger charge is -2.24. The average Bonchev–Trinajstić information content (AvgIpc) is 2.41.